The maximum Gasteiger partial charge on any atom is 0.221 e. The first-order valence-electron chi connectivity index (χ1n) is 8.81. The van der Waals surface area contributed by atoms with Crippen LogP contribution in [0.25, 0.3) is 5.65 Å². The number of imidazole rings is 1. The third-order valence-electron chi connectivity index (χ3n) is 4.77. The number of fused-ring (bicyclic) bond motifs is 1. The molecule has 130 valence electrons. The molecule has 0 radical (unpaired) electrons. The molecule has 2 aromatic heterocycles. The Balaban J connectivity index is 1.67. The molecule has 6 nitrogen and oxygen atoms in total. The number of hydrogen-bond donors (Lipinski definition) is 2. The Bertz CT molecular complexity index is 696. The average molecular weight is 329 g/mol. The SMILES string of the molecule is Cc1ccn2c(CN3CCCCC3CNC(=O)CCN)cnc2c1. The summed E-state index contributed by atoms with van der Waals surface area (Å²) in [6, 6.07) is 4.60. The van der Waals surface area contributed by atoms with Gasteiger partial charge in [-0.2, -0.15) is 0 Å². The van der Waals surface area contributed by atoms with Crippen LogP contribution in [0.4, 0.5) is 0 Å². The highest BCUT2D eigenvalue weighted by atomic mass is 16.1. The molecule has 1 aliphatic rings. The van der Waals surface area contributed by atoms with E-state index in [9.17, 15) is 4.79 Å². The fraction of sp³-hybridized carbons (Fsp3) is 0.556. The van der Waals surface area contributed by atoms with Crippen molar-refractivity contribution < 1.29 is 4.79 Å². The van der Waals surface area contributed by atoms with Crippen molar-refractivity contribution in [3.8, 4) is 0 Å². The lowest BCUT2D eigenvalue weighted by atomic mass is 10.0. The number of hydrogen-bond acceptors (Lipinski definition) is 4. The fourth-order valence-corrected chi connectivity index (χ4v) is 3.41. The second-order valence-electron chi connectivity index (χ2n) is 6.64. The van der Waals surface area contributed by atoms with Crippen LogP contribution in [-0.4, -0.2) is 45.9 Å². The lowest BCUT2D eigenvalue weighted by Crippen LogP contribution is -2.46. The summed E-state index contributed by atoms with van der Waals surface area (Å²) in [6.45, 7) is 5.12. The van der Waals surface area contributed by atoms with Crippen molar-refractivity contribution in [2.45, 2.75) is 45.2 Å². The van der Waals surface area contributed by atoms with Crippen LogP contribution in [0, 0.1) is 6.92 Å². The highest BCUT2D eigenvalue weighted by Gasteiger charge is 2.23. The van der Waals surface area contributed by atoms with Gasteiger partial charge in [0.15, 0.2) is 0 Å². The Kier molecular flexibility index (Phi) is 5.48. The molecule has 2 aromatic rings. The van der Waals surface area contributed by atoms with E-state index in [-0.39, 0.29) is 5.91 Å². The largest absolute Gasteiger partial charge is 0.354 e. The molecule has 0 spiro atoms. The molecule has 3 rings (SSSR count). The number of likely N-dealkylation sites (tertiary alicyclic amines) is 1. The average Bonchev–Trinajstić information content (AvgIpc) is 2.96. The third-order valence-corrected chi connectivity index (χ3v) is 4.77. The van der Waals surface area contributed by atoms with E-state index >= 15 is 0 Å². The number of rotatable bonds is 6. The summed E-state index contributed by atoms with van der Waals surface area (Å²) < 4.78 is 2.16. The van der Waals surface area contributed by atoms with E-state index in [0.29, 0.717) is 25.6 Å². The normalized spacial score (nSPS) is 18.8. The molecule has 1 unspecified atom stereocenters. The van der Waals surface area contributed by atoms with Crippen LogP contribution in [0.1, 0.15) is 36.9 Å². The molecular formula is C18H27N5O. The molecule has 0 aromatic carbocycles. The summed E-state index contributed by atoms with van der Waals surface area (Å²) >= 11 is 0. The van der Waals surface area contributed by atoms with Crippen molar-refractivity contribution >= 4 is 11.6 Å². The number of aromatic nitrogens is 2. The van der Waals surface area contributed by atoms with Crippen molar-refractivity contribution in [1.82, 2.24) is 19.6 Å². The van der Waals surface area contributed by atoms with Gasteiger partial charge in [0.1, 0.15) is 5.65 Å². The van der Waals surface area contributed by atoms with Gasteiger partial charge in [0.2, 0.25) is 5.91 Å². The molecule has 24 heavy (non-hydrogen) atoms. The number of aryl methyl sites for hydroxylation is 1. The monoisotopic (exact) mass is 329 g/mol. The first-order chi connectivity index (χ1) is 11.7. The topological polar surface area (TPSA) is 75.7 Å². The second kappa shape index (κ2) is 7.77. The summed E-state index contributed by atoms with van der Waals surface area (Å²) in [4.78, 5) is 18.7. The Morgan fingerprint density at radius 1 is 1.46 bits per heavy atom. The number of carbonyl (C=O) groups excluding carboxylic acids is 1. The van der Waals surface area contributed by atoms with Crippen molar-refractivity contribution in [1.29, 1.82) is 0 Å². The van der Waals surface area contributed by atoms with Gasteiger partial charge in [0.25, 0.3) is 0 Å². The summed E-state index contributed by atoms with van der Waals surface area (Å²) in [5.41, 5.74) is 8.85. The lowest BCUT2D eigenvalue weighted by molar-refractivity contribution is -0.121. The van der Waals surface area contributed by atoms with Crippen molar-refractivity contribution in [3.63, 3.8) is 0 Å². The molecule has 1 saturated heterocycles. The van der Waals surface area contributed by atoms with Crippen LogP contribution in [0.5, 0.6) is 0 Å². The first kappa shape index (κ1) is 16.9. The minimum atomic E-state index is 0.0494. The summed E-state index contributed by atoms with van der Waals surface area (Å²) in [6.07, 6.45) is 8.02. The molecule has 3 N–H and O–H groups in total. The minimum absolute atomic E-state index is 0.0494. The fourth-order valence-electron chi connectivity index (χ4n) is 3.41. The van der Waals surface area contributed by atoms with E-state index in [1.54, 1.807) is 0 Å². The minimum Gasteiger partial charge on any atom is -0.354 e. The van der Waals surface area contributed by atoms with Gasteiger partial charge in [-0.05, 0) is 44.0 Å². The molecule has 1 aliphatic heterocycles. The van der Waals surface area contributed by atoms with Crippen LogP contribution in [0.15, 0.2) is 24.5 Å². The maximum atomic E-state index is 11.7. The molecular weight excluding hydrogens is 302 g/mol. The van der Waals surface area contributed by atoms with Gasteiger partial charge in [-0.25, -0.2) is 4.98 Å². The zero-order chi connectivity index (χ0) is 16.9. The third kappa shape index (κ3) is 3.94. The Hall–Kier alpha value is -1.92. The highest BCUT2D eigenvalue weighted by molar-refractivity contribution is 5.76. The number of nitrogens with two attached hydrogens (primary N) is 1. The van der Waals surface area contributed by atoms with Crippen LogP contribution in [0.2, 0.25) is 0 Å². The number of pyridine rings is 1. The van der Waals surface area contributed by atoms with Gasteiger partial charge in [-0.15, -0.1) is 0 Å². The highest BCUT2D eigenvalue weighted by Crippen LogP contribution is 2.20. The Morgan fingerprint density at radius 2 is 2.33 bits per heavy atom. The number of nitrogens with one attached hydrogen (secondary N) is 1. The van der Waals surface area contributed by atoms with Gasteiger partial charge in [0.05, 0.1) is 11.9 Å². The van der Waals surface area contributed by atoms with Crippen molar-refractivity contribution in [2.75, 3.05) is 19.6 Å². The Morgan fingerprint density at radius 3 is 3.17 bits per heavy atom. The summed E-state index contributed by atoms with van der Waals surface area (Å²) in [5, 5.41) is 3.02. The molecule has 1 amide bonds. The van der Waals surface area contributed by atoms with Gasteiger partial charge in [-0.1, -0.05) is 6.42 Å². The summed E-state index contributed by atoms with van der Waals surface area (Å²) in [5.74, 6) is 0.0494. The van der Waals surface area contributed by atoms with E-state index in [1.807, 2.05) is 6.20 Å². The quantitative estimate of drug-likeness (QED) is 0.841. The van der Waals surface area contributed by atoms with E-state index in [1.165, 1.54) is 24.1 Å². The van der Waals surface area contributed by atoms with Crippen LogP contribution in [0.3, 0.4) is 0 Å². The molecule has 1 fully saturated rings. The zero-order valence-corrected chi connectivity index (χ0v) is 14.4. The number of piperidine rings is 1. The summed E-state index contributed by atoms with van der Waals surface area (Å²) in [7, 11) is 0. The molecule has 6 heteroatoms. The first-order valence-corrected chi connectivity index (χ1v) is 8.81. The zero-order valence-electron chi connectivity index (χ0n) is 14.4. The smallest absolute Gasteiger partial charge is 0.221 e. The van der Waals surface area contributed by atoms with Crippen LogP contribution in [-0.2, 0) is 11.3 Å². The number of amides is 1. The predicted octanol–water partition coefficient (Wildman–Crippen LogP) is 1.46. The standard InChI is InChI=1S/C18H27N5O/c1-14-6-9-23-16(12-20-17(23)10-14)13-22-8-3-2-4-15(22)11-21-18(24)5-7-19/h6,9-10,12,15H,2-5,7-8,11,13,19H2,1H3,(H,21,24). The van der Waals surface area contributed by atoms with Crippen LogP contribution >= 0.6 is 0 Å². The van der Waals surface area contributed by atoms with Gasteiger partial charge in [0, 0.05) is 38.3 Å². The van der Waals surface area contributed by atoms with Gasteiger partial charge in [-0.3, -0.25) is 9.69 Å². The predicted molar refractivity (Wildman–Crippen MR) is 94.7 cm³/mol. The molecule has 1 atom stereocenters. The van der Waals surface area contributed by atoms with Crippen molar-refractivity contribution in [3.05, 3.63) is 35.8 Å². The number of nitrogens with zero attached hydrogens (tertiary/aromatic N) is 3. The van der Waals surface area contributed by atoms with E-state index < -0.39 is 0 Å². The van der Waals surface area contributed by atoms with Gasteiger partial charge >= 0.3 is 0 Å². The molecule has 0 aliphatic carbocycles. The lowest BCUT2D eigenvalue weighted by Gasteiger charge is -2.35. The molecule has 0 bridgehead atoms. The van der Waals surface area contributed by atoms with Crippen molar-refractivity contribution in [2.24, 2.45) is 5.73 Å². The van der Waals surface area contributed by atoms with E-state index in [4.69, 9.17) is 5.73 Å². The number of carbonyl (C=O) groups is 1. The van der Waals surface area contributed by atoms with E-state index in [0.717, 1.165) is 25.2 Å². The van der Waals surface area contributed by atoms with Gasteiger partial charge < -0.3 is 15.5 Å². The van der Waals surface area contributed by atoms with E-state index in [2.05, 4.69) is 44.9 Å². The second-order valence-corrected chi connectivity index (χ2v) is 6.64. The molecule has 0 saturated carbocycles. The maximum absolute atomic E-state index is 11.7. The molecule has 3 heterocycles. The van der Waals surface area contributed by atoms with Crippen LogP contribution < -0.4 is 11.1 Å². The Labute approximate surface area is 143 Å².